The lowest BCUT2D eigenvalue weighted by molar-refractivity contribution is -0.274. The molecule has 0 aliphatic heterocycles. The maximum atomic E-state index is 14.1. The van der Waals surface area contributed by atoms with Crippen LogP contribution in [0, 0.1) is 43.4 Å². The van der Waals surface area contributed by atoms with Gasteiger partial charge in [0.15, 0.2) is 6.07 Å². The van der Waals surface area contributed by atoms with Crippen LogP contribution >= 0.6 is 0 Å². The van der Waals surface area contributed by atoms with E-state index in [9.17, 15) is 40.4 Å². The van der Waals surface area contributed by atoms with Gasteiger partial charge in [0.25, 0.3) is 0 Å². The number of aryl methyl sites for hydroxylation is 2. The molecule has 0 saturated heterocycles. The van der Waals surface area contributed by atoms with Gasteiger partial charge in [0.2, 0.25) is 0 Å². The molecule has 218 valence electrons. The van der Waals surface area contributed by atoms with Gasteiger partial charge in [0.05, 0.1) is 5.56 Å². The van der Waals surface area contributed by atoms with Crippen LogP contribution in [0.25, 0.3) is 38.2 Å². The molecule has 0 amide bonds. The summed E-state index contributed by atoms with van der Waals surface area (Å²) in [6, 6.07) is 12.3. The average Bonchev–Trinajstić information content (AvgIpc) is 3.21. The van der Waals surface area contributed by atoms with E-state index in [0.717, 1.165) is 12.1 Å². The number of rotatable bonds is 4. The van der Waals surface area contributed by atoms with Crippen molar-refractivity contribution in [1.82, 2.24) is 0 Å². The Bertz CT molecular complexity index is 1850. The largest absolute Gasteiger partial charge is 0.573 e. The minimum atomic E-state index is -5.25. The van der Waals surface area contributed by atoms with Crippen molar-refractivity contribution in [1.29, 1.82) is 5.26 Å². The predicted octanol–water partition coefficient (Wildman–Crippen LogP) is 9.76. The number of nitriles is 1. The minimum absolute atomic E-state index is 0.130. The normalized spacial score (nSPS) is 14.8. The molecule has 11 heteroatoms. The highest BCUT2D eigenvalue weighted by atomic mass is 19.4. The summed E-state index contributed by atoms with van der Waals surface area (Å²) in [5.41, 5.74) is 1.05. The molecule has 0 fully saturated rings. The van der Waals surface area contributed by atoms with Crippen molar-refractivity contribution in [3.8, 4) is 45.2 Å². The highest BCUT2D eigenvalue weighted by Crippen LogP contribution is 2.53. The summed E-state index contributed by atoms with van der Waals surface area (Å²) in [6.45, 7) is 10.9. The van der Waals surface area contributed by atoms with Gasteiger partial charge in [-0.15, -0.1) is 13.2 Å². The van der Waals surface area contributed by atoms with Gasteiger partial charge in [-0.05, 0) is 106 Å². The van der Waals surface area contributed by atoms with Gasteiger partial charge in [-0.25, -0.2) is 15.4 Å². The summed E-state index contributed by atoms with van der Waals surface area (Å²) in [5.74, 6) is -3.93. The zero-order valence-electron chi connectivity index (χ0n) is 22.3. The molecule has 4 aromatic carbocycles. The van der Waals surface area contributed by atoms with Gasteiger partial charge in [0, 0.05) is 5.56 Å². The fourth-order valence-corrected chi connectivity index (χ4v) is 5.46. The molecule has 0 N–H and O–H groups in total. The summed E-state index contributed by atoms with van der Waals surface area (Å²) < 4.78 is 113. The van der Waals surface area contributed by atoms with Gasteiger partial charge >= 0.3 is 18.6 Å². The Morgan fingerprint density at radius 1 is 0.767 bits per heavy atom. The van der Waals surface area contributed by atoms with Crippen molar-refractivity contribution in [3.05, 3.63) is 112 Å². The first kappa shape index (κ1) is 29.6. The third kappa shape index (κ3) is 5.39. The molecule has 43 heavy (non-hydrogen) atoms. The predicted molar refractivity (Wildman–Crippen MR) is 142 cm³/mol. The van der Waals surface area contributed by atoms with Crippen LogP contribution in [0.1, 0.15) is 33.7 Å². The summed E-state index contributed by atoms with van der Waals surface area (Å²) >= 11 is 0. The van der Waals surface area contributed by atoms with E-state index in [0.29, 0.717) is 45.5 Å². The minimum Gasteiger partial charge on any atom is -0.405 e. The van der Waals surface area contributed by atoms with Crippen LogP contribution < -0.4 is 4.74 Å². The van der Waals surface area contributed by atoms with E-state index >= 15 is 0 Å². The van der Waals surface area contributed by atoms with Crippen LogP contribution in [0.4, 0.5) is 35.1 Å². The lowest BCUT2D eigenvalue weighted by atomic mass is 9.87. The standard InChI is InChI=1S/C32H18F8N2O/c1-15-9-23-21(11-19(15)17-4-6-26(33)16(2)8-17)22-12-20(18-5-7-27(34)25(10-18)31(35,36)37)29(43-32(38,39)40)13-24(22)30(23)28(14-41)42-3/h4-13,28,30H,1-2H3. The molecule has 0 aromatic heterocycles. The first-order chi connectivity index (χ1) is 20.1. The van der Waals surface area contributed by atoms with Crippen LogP contribution in [0.3, 0.4) is 0 Å². The third-order valence-corrected chi connectivity index (χ3v) is 7.37. The monoisotopic (exact) mass is 598 g/mol. The number of hydrogen-bond acceptors (Lipinski definition) is 2. The van der Waals surface area contributed by atoms with Gasteiger partial charge in [-0.2, -0.15) is 18.4 Å². The Labute approximate surface area is 240 Å². The molecule has 0 radical (unpaired) electrons. The van der Waals surface area contributed by atoms with Crippen LogP contribution in [0.2, 0.25) is 0 Å². The summed E-state index contributed by atoms with van der Waals surface area (Å²) in [4.78, 5) is 3.37. The third-order valence-electron chi connectivity index (χ3n) is 7.37. The van der Waals surface area contributed by atoms with E-state index in [2.05, 4.69) is 9.58 Å². The number of ether oxygens (including phenoxy) is 1. The topological polar surface area (TPSA) is 37.4 Å². The second-order valence-corrected chi connectivity index (χ2v) is 10.1. The smallest absolute Gasteiger partial charge is 0.405 e. The second-order valence-electron chi connectivity index (χ2n) is 10.1. The van der Waals surface area contributed by atoms with Crippen molar-refractivity contribution in [2.24, 2.45) is 0 Å². The highest BCUT2D eigenvalue weighted by molar-refractivity contribution is 5.89. The molecule has 1 aliphatic rings. The van der Waals surface area contributed by atoms with E-state index < -0.39 is 58.6 Å². The van der Waals surface area contributed by atoms with Crippen LogP contribution in [0.15, 0.2) is 60.7 Å². The van der Waals surface area contributed by atoms with Crippen molar-refractivity contribution in [2.75, 3.05) is 0 Å². The zero-order chi connectivity index (χ0) is 31.4. The Morgan fingerprint density at radius 3 is 1.91 bits per heavy atom. The number of nitrogens with zero attached hydrogens (tertiary/aromatic N) is 2. The van der Waals surface area contributed by atoms with Crippen LogP contribution in [0.5, 0.6) is 5.75 Å². The van der Waals surface area contributed by atoms with E-state index in [-0.39, 0.29) is 11.1 Å². The van der Waals surface area contributed by atoms with Gasteiger partial charge in [-0.3, -0.25) is 4.85 Å². The molecule has 2 unspecified atom stereocenters. The fraction of sp³-hybridized carbons (Fsp3) is 0.188. The summed E-state index contributed by atoms with van der Waals surface area (Å²) in [5, 5.41) is 9.76. The maximum absolute atomic E-state index is 14.1. The van der Waals surface area contributed by atoms with E-state index in [1.807, 2.05) is 6.07 Å². The van der Waals surface area contributed by atoms with E-state index in [1.165, 1.54) is 12.1 Å². The number of halogens is 8. The Hall–Kier alpha value is -4.90. The maximum Gasteiger partial charge on any atom is 0.573 e. The van der Waals surface area contributed by atoms with Crippen LogP contribution in [-0.2, 0) is 6.18 Å². The number of alkyl halides is 6. The van der Waals surface area contributed by atoms with Gasteiger partial charge in [0.1, 0.15) is 23.3 Å². The van der Waals surface area contributed by atoms with Crippen molar-refractivity contribution >= 4 is 0 Å². The van der Waals surface area contributed by atoms with Crippen molar-refractivity contribution in [3.63, 3.8) is 0 Å². The molecule has 5 rings (SSSR count). The second kappa shape index (κ2) is 10.4. The fourth-order valence-electron chi connectivity index (χ4n) is 5.46. The molecule has 0 heterocycles. The molecule has 3 nitrogen and oxygen atoms in total. The molecular weight excluding hydrogens is 580 g/mol. The average molecular weight is 598 g/mol. The number of hydrogen-bond donors (Lipinski definition) is 0. The van der Waals surface area contributed by atoms with Crippen molar-refractivity contribution in [2.45, 2.75) is 38.3 Å². The Kier molecular flexibility index (Phi) is 7.17. The SMILES string of the molecule is [C-]#[N+]C(C#N)C1c2cc(C)c(-c3ccc(F)c(C)c3)cc2-c2cc(-c3ccc(F)c(C(F)(F)F)c3)c(OC(F)(F)F)cc21. The van der Waals surface area contributed by atoms with Crippen LogP contribution in [-0.4, -0.2) is 12.4 Å². The number of fused-ring (bicyclic) bond motifs is 3. The first-order valence-electron chi connectivity index (χ1n) is 12.6. The molecule has 4 aromatic rings. The quantitative estimate of drug-likeness (QED) is 0.173. The molecule has 0 spiro atoms. The zero-order valence-corrected chi connectivity index (χ0v) is 22.3. The van der Waals surface area contributed by atoms with Crippen molar-refractivity contribution < 1.29 is 39.9 Å². The highest BCUT2D eigenvalue weighted by Gasteiger charge is 2.42. The Morgan fingerprint density at radius 2 is 1.35 bits per heavy atom. The van der Waals surface area contributed by atoms with Gasteiger partial charge in [-0.1, -0.05) is 18.2 Å². The van der Waals surface area contributed by atoms with Gasteiger partial charge < -0.3 is 4.74 Å². The summed E-state index contributed by atoms with van der Waals surface area (Å²) in [7, 11) is 0. The van der Waals surface area contributed by atoms with E-state index in [1.54, 1.807) is 38.1 Å². The molecule has 1 aliphatic carbocycles. The molecule has 0 bridgehead atoms. The summed E-state index contributed by atoms with van der Waals surface area (Å²) in [6.07, 6.45) is -10.4. The lowest BCUT2D eigenvalue weighted by Gasteiger charge is -2.18. The molecule has 2 atom stereocenters. The molecular formula is C32H18F8N2O. The Balaban J connectivity index is 1.83. The van der Waals surface area contributed by atoms with E-state index in [4.69, 9.17) is 6.57 Å². The number of benzene rings is 4. The molecule has 0 saturated carbocycles. The lowest BCUT2D eigenvalue weighted by Crippen LogP contribution is -2.18. The first-order valence-corrected chi connectivity index (χ1v) is 12.6.